The molecule has 0 aromatic carbocycles. The average Bonchev–Trinajstić information content (AvgIpc) is 2.07. The number of amides is 2. The molecule has 0 saturated heterocycles. The molecule has 10 heavy (non-hydrogen) atoms. The molecule has 1 rings (SSSR count). The number of likely N-dealkylation sites (N-methyl/N-ethyl adjacent to an activating group) is 1. The Morgan fingerprint density at radius 1 is 1.30 bits per heavy atom. The first kappa shape index (κ1) is 7.28. The zero-order chi connectivity index (χ0) is 7.89. The van der Waals surface area contributed by atoms with Gasteiger partial charge in [0.05, 0.1) is 0 Å². The maximum absolute atomic E-state index is 10.9. The molecule has 0 fully saturated rings. The molecule has 0 unspecified atom stereocenters. The van der Waals surface area contributed by atoms with E-state index in [4.69, 9.17) is 11.6 Å². The maximum atomic E-state index is 10.9. The Labute approximate surface area is 63.3 Å². The van der Waals surface area contributed by atoms with E-state index in [1.54, 1.807) is 0 Å². The lowest BCUT2D eigenvalue weighted by Gasteiger charge is -2.03. The van der Waals surface area contributed by atoms with Crippen LogP contribution in [0.3, 0.4) is 0 Å². The van der Waals surface area contributed by atoms with Gasteiger partial charge in [-0.25, -0.2) is 0 Å². The molecule has 0 radical (unpaired) electrons. The van der Waals surface area contributed by atoms with Crippen molar-refractivity contribution in [2.75, 3.05) is 7.05 Å². The van der Waals surface area contributed by atoms with Gasteiger partial charge in [0.25, 0.3) is 11.8 Å². The van der Waals surface area contributed by atoms with E-state index in [0.717, 1.165) is 4.90 Å². The van der Waals surface area contributed by atoms with Crippen LogP contribution in [0.2, 0.25) is 0 Å². The van der Waals surface area contributed by atoms with Crippen LogP contribution >= 0.6 is 11.6 Å². The molecule has 1 heterocycles. The van der Waals surface area contributed by atoms with Crippen molar-refractivity contribution < 1.29 is 9.59 Å². The van der Waals surface area contributed by atoms with Crippen LogP contribution in [0.25, 0.3) is 0 Å². The number of hydrogen-bond acceptors (Lipinski definition) is 2. The molecule has 0 aromatic heterocycles. The van der Waals surface area contributed by atoms with Crippen LogP contribution in [0.15, 0.2) is 10.6 Å². The van der Waals surface area contributed by atoms with Gasteiger partial charge in [-0.15, -0.1) is 0 Å². The molecular formula is C6H6ClNO2. The summed E-state index contributed by atoms with van der Waals surface area (Å²) in [6, 6.07) is 0. The van der Waals surface area contributed by atoms with Crippen molar-refractivity contribution in [3.8, 4) is 0 Å². The molecule has 54 valence electrons. The van der Waals surface area contributed by atoms with Gasteiger partial charge in [0.2, 0.25) is 0 Å². The quantitative estimate of drug-likeness (QED) is 0.483. The highest BCUT2D eigenvalue weighted by Crippen LogP contribution is 2.21. The topological polar surface area (TPSA) is 37.4 Å². The lowest BCUT2D eigenvalue weighted by molar-refractivity contribution is -0.135. The standard InChI is InChI=1S/C6H6ClNO2/c1-3-4(7)6(10)8(2)5(3)9/h1-2H3. The Morgan fingerprint density at radius 3 is 1.90 bits per heavy atom. The predicted molar refractivity (Wildman–Crippen MR) is 36.3 cm³/mol. The highest BCUT2D eigenvalue weighted by Gasteiger charge is 2.31. The fraction of sp³-hybridized carbons (Fsp3) is 0.333. The minimum atomic E-state index is -0.413. The normalized spacial score (nSPS) is 19.3. The Balaban J connectivity index is 3.11. The van der Waals surface area contributed by atoms with E-state index >= 15 is 0 Å². The van der Waals surface area contributed by atoms with Gasteiger partial charge in [0, 0.05) is 12.6 Å². The third-order valence-electron chi connectivity index (χ3n) is 1.45. The van der Waals surface area contributed by atoms with Crippen molar-refractivity contribution in [1.29, 1.82) is 0 Å². The van der Waals surface area contributed by atoms with Crippen molar-refractivity contribution >= 4 is 23.4 Å². The van der Waals surface area contributed by atoms with Gasteiger partial charge in [-0.1, -0.05) is 11.6 Å². The number of carbonyl (C=O) groups is 2. The van der Waals surface area contributed by atoms with Crippen molar-refractivity contribution in [3.05, 3.63) is 10.6 Å². The highest BCUT2D eigenvalue weighted by molar-refractivity contribution is 6.47. The van der Waals surface area contributed by atoms with Crippen molar-refractivity contribution in [3.63, 3.8) is 0 Å². The van der Waals surface area contributed by atoms with Gasteiger partial charge in [-0.2, -0.15) is 0 Å². The van der Waals surface area contributed by atoms with Crippen molar-refractivity contribution in [1.82, 2.24) is 4.90 Å². The second-order valence-electron chi connectivity index (χ2n) is 2.11. The van der Waals surface area contributed by atoms with Crippen LogP contribution in [0.5, 0.6) is 0 Å². The van der Waals surface area contributed by atoms with Crippen LogP contribution in [0.4, 0.5) is 0 Å². The first-order valence-corrected chi connectivity index (χ1v) is 3.12. The average molecular weight is 160 g/mol. The molecule has 1 aliphatic rings. The largest absolute Gasteiger partial charge is 0.277 e. The van der Waals surface area contributed by atoms with Crippen LogP contribution in [0.1, 0.15) is 6.92 Å². The molecule has 0 atom stereocenters. The summed E-state index contributed by atoms with van der Waals surface area (Å²) in [4.78, 5) is 22.7. The second-order valence-corrected chi connectivity index (χ2v) is 2.49. The Hall–Kier alpha value is -0.830. The second kappa shape index (κ2) is 2.09. The zero-order valence-corrected chi connectivity index (χ0v) is 6.40. The Morgan fingerprint density at radius 2 is 1.80 bits per heavy atom. The number of imide groups is 1. The summed E-state index contributed by atoms with van der Waals surface area (Å²) in [5.74, 6) is -0.723. The molecule has 3 nitrogen and oxygen atoms in total. The van der Waals surface area contributed by atoms with Crippen LogP contribution in [0, 0.1) is 0 Å². The Bertz CT molecular complexity index is 220. The van der Waals surface area contributed by atoms with E-state index in [9.17, 15) is 9.59 Å². The summed E-state index contributed by atoms with van der Waals surface area (Å²) < 4.78 is 0. The highest BCUT2D eigenvalue weighted by atomic mass is 35.5. The minimum absolute atomic E-state index is 0.0347. The molecule has 1 aliphatic heterocycles. The van der Waals surface area contributed by atoms with Crippen molar-refractivity contribution in [2.45, 2.75) is 6.92 Å². The molecule has 0 spiro atoms. The van der Waals surface area contributed by atoms with Gasteiger partial charge in [0.1, 0.15) is 5.03 Å². The summed E-state index contributed by atoms with van der Waals surface area (Å²) in [5, 5.41) is 0.0347. The van der Waals surface area contributed by atoms with Gasteiger partial charge in [0.15, 0.2) is 0 Å². The van der Waals surface area contributed by atoms with Gasteiger partial charge in [-0.3, -0.25) is 14.5 Å². The first-order valence-electron chi connectivity index (χ1n) is 2.74. The predicted octanol–water partition coefficient (Wildman–Crippen LogP) is 0.498. The Kier molecular flexibility index (Phi) is 1.52. The van der Waals surface area contributed by atoms with Gasteiger partial charge < -0.3 is 0 Å². The van der Waals surface area contributed by atoms with Crippen molar-refractivity contribution in [2.24, 2.45) is 0 Å². The fourth-order valence-electron chi connectivity index (χ4n) is 0.745. The number of halogens is 1. The zero-order valence-electron chi connectivity index (χ0n) is 5.64. The third kappa shape index (κ3) is 0.743. The molecule has 0 aliphatic carbocycles. The lowest BCUT2D eigenvalue weighted by atomic mass is 10.3. The SMILES string of the molecule is CC1=C(Cl)C(=O)N(C)C1=O. The van der Waals surface area contributed by atoms with Gasteiger partial charge in [-0.05, 0) is 6.92 Å². The molecular weight excluding hydrogens is 154 g/mol. The molecule has 0 N–H and O–H groups in total. The van der Waals surface area contributed by atoms with Crippen LogP contribution < -0.4 is 0 Å². The van der Waals surface area contributed by atoms with E-state index in [1.807, 2.05) is 0 Å². The number of hydrogen-bond donors (Lipinski definition) is 0. The van der Waals surface area contributed by atoms with E-state index in [0.29, 0.717) is 5.57 Å². The third-order valence-corrected chi connectivity index (χ3v) is 1.89. The van der Waals surface area contributed by atoms with Crippen LogP contribution in [-0.4, -0.2) is 23.8 Å². The number of carbonyl (C=O) groups excluding carboxylic acids is 2. The lowest BCUT2D eigenvalue weighted by Crippen LogP contribution is -2.26. The van der Waals surface area contributed by atoms with Crippen LogP contribution in [-0.2, 0) is 9.59 Å². The fourth-order valence-corrected chi connectivity index (χ4v) is 0.953. The molecule has 2 amide bonds. The molecule has 0 saturated carbocycles. The maximum Gasteiger partial charge on any atom is 0.272 e. The minimum Gasteiger partial charge on any atom is -0.277 e. The molecule has 0 aromatic rings. The smallest absolute Gasteiger partial charge is 0.272 e. The van der Waals surface area contributed by atoms with E-state index in [1.165, 1.54) is 14.0 Å². The molecule has 4 heteroatoms. The monoisotopic (exact) mass is 159 g/mol. The van der Waals surface area contributed by atoms with E-state index < -0.39 is 5.91 Å². The first-order chi connectivity index (χ1) is 4.55. The summed E-state index contributed by atoms with van der Waals surface area (Å²) in [6.45, 7) is 1.53. The molecule has 0 bridgehead atoms. The summed E-state index contributed by atoms with van der Waals surface area (Å²) in [7, 11) is 1.41. The summed E-state index contributed by atoms with van der Waals surface area (Å²) in [5.41, 5.74) is 0.328. The number of nitrogens with zero attached hydrogens (tertiary/aromatic N) is 1. The van der Waals surface area contributed by atoms with Gasteiger partial charge >= 0.3 is 0 Å². The number of rotatable bonds is 0. The summed E-state index contributed by atoms with van der Waals surface area (Å²) >= 11 is 5.47. The van der Waals surface area contributed by atoms with E-state index in [-0.39, 0.29) is 10.9 Å². The van der Waals surface area contributed by atoms with E-state index in [2.05, 4.69) is 0 Å². The summed E-state index contributed by atoms with van der Waals surface area (Å²) in [6.07, 6.45) is 0.